The maximum Gasteiger partial charge on any atom is 0.339 e. The van der Waals surface area contributed by atoms with Gasteiger partial charge in [-0.2, -0.15) is 0 Å². The lowest BCUT2D eigenvalue weighted by molar-refractivity contribution is 0.0697. The van der Waals surface area contributed by atoms with Crippen molar-refractivity contribution >= 4 is 17.5 Å². The van der Waals surface area contributed by atoms with Crippen molar-refractivity contribution < 1.29 is 9.90 Å². The van der Waals surface area contributed by atoms with Crippen LogP contribution in [0.2, 0.25) is 0 Å². The molecule has 0 saturated heterocycles. The molecule has 0 bridgehead atoms. The van der Waals surface area contributed by atoms with Crippen molar-refractivity contribution in [1.82, 2.24) is 4.98 Å². The zero-order chi connectivity index (χ0) is 14.0. The Morgan fingerprint density at radius 1 is 1.16 bits per heavy atom. The number of nitrogens with zero attached hydrogens (tertiary/aromatic N) is 1. The van der Waals surface area contributed by atoms with E-state index in [2.05, 4.69) is 10.3 Å². The van der Waals surface area contributed by atoms with Crippen molar-refractivity contribution in [2.45, 2.75) is 20.8 Å². The number of para-hydroxylation sites is 1. The summed E-state index contributed by atoms with van der Waals surface area (Å²) in [4.78, 5) is 15.6. The van der Waals surface area contributed by atoms with Gasteiger partial charge in [-0.05, 0) is 44.0 Å². The zero-order valence-electron chi connectivity index (χ0n) is 11.2. The number of aromatic carboxylic acids is 1. The van der Waals surface area contributed by atoms with E-state index in [0.717, 1.165) is 16.9 Å². The Hall–Kier alpha value is -2.36. The van der Waals surface area contributed by atoms with Crippen LogP contribution in [0.5, 0.6) is 0 Å². The molecule has 4 heteroatoms. The monoisotopic (exact) mass is 256 g/mol. The minimum atomic E-state index is -0.971. The molecule has 2 aromatic rings. The summed E-state index contributed by atoms with van der Waals surface area (Å²) < 4.78 is 0. The van der Waals surface area contributed by atoms with Gasteiger partial charge in [0.1, 0.15) is 11.4 Å². The number of benzene rings is 1. The first-order valence-electron chi connectivity index (χ1n) is 6.03. The van der Waals surface area contributed by atoms with E-state index < -0.39 is 5.97 Å². The van der Waals surface area contributed by atoms with E-state index in [4.69, 9.17) is 0 Å². The molecule has 0 amide bonds. The van der Waals surface area contributed by atoms with Crippen LogP contribution in [-0.2, 0) is 0 Å². The second kappa shape index (κ2) is 5.10. The molecule has 1 aromatic carbocycles. The average Bonchev–Trinajstić information content (AvgIpc) is 2.30. The van der Waals surface area contributed by atoms with E-state index in [9.17, 15) is 9.90 Å². The van der Waals surface area contributed by atoms with E-state index in [1.807, 2.05) is 38.1 Å². The van der Waals surface area contributed by atoms with Crippen LogP contribution >= 0.6 is 0 Å². The van der Waals surface area contributed by atoms with E-state index in [1.54, 1.807) is 13.0 Å². The summed E-state index contributed by atoms with van der Waals surface area (Å²) in [6, 6.07) is 9.48. The second-order valence-corrected chi connectivity index (χ2v) is 4.55. The molecule has 0 aliphatic carbocycles. The number of carboxylic acid groups (broad SMARTS) is 1. The van der Waals surface area contributed by atoms with Gasteiger partial charge in [0.05, 0.1) is 0 Å². The van der Waals surface area contributed by atoms with Crippen LogP contribution in [0.25, 0.3) is 0 Å². The maximum absolute atomic E-state index is 11.3. The van der Waals surface area contributed by atoms with E-state index in [0.29, 0.717) is 11.4 Å². The largest absolute Gasteiger partial charge is 0.478 e. The third-order valence-corrected chi connectivity index (χ3v) is 2.96. The van der Waals surface area contributed by atoms with Crippen LogP contribution in [0.4, 0.5) is 11.5 Å². The summed E-state index contributed by atoms with van der Waals surface area (Å²) in [5.74, 6) is -0.583. The van der Waals surface area contributed by atoms with Gasteiger partial charge in [-0.3, -0.25) is 0 Å². The maximum atomic E-state index is 11.3. The number of anilines is 2. The van der Waals surface area contributed by atoms with Gasteiger partial charge in [0, 0.05) is 11.4 Å². The topological polar surface area (TPSA) is 62.2 Å². The number of hydrogen-bond donors (Lipinski definition) is 2. The van der Waals surface area contributed by atoms with Crippen molar-refractivity contribution in [2.75, 3.05) is 5.32 Å². The first kappa shape index (κ1) is 13.1. The molecule has 1 aromatic heterocycles. The highest BCUT2D eigenvalue weighted by Gasteiger charge is 2.16. The number of aryl methyl sites for hydroxylation is 3. The molecule has 0 atom stereocenters. The molecule has 0 radical (unpaired) electrons. The smallest absolute Gasteiger partial charge is 0.339 e. The lowest BCUT2D eigenvalue weighted by Gasteiger charge is -2.13. The van der Waals surface area contributed by atoms with Crippen molar-refractivity contribution in [2.24, 2.45) is 0 Å². The number of nitrogens with one attached hydrogen (secondary N) is 1. The summed E-state index contributed by atoms with van der Waals surface area (Å²) in [6.45, 7) is 5.59. The van der Waals surface area contributed by atoms with Gasteiger partial charge < -0.3 is 10.4 Å². The predicted octanol–water partition coefficient (Wildman–Crippen LogP) is 3.45. The highest BCUT2D eigenvalue weighted by Crippen LogP contribution is 2.24. The van der Waals surface area contributed by atoms with Gasteiger partial charge in [-0.25, -0.2) is 9.78 Å². The molecule has 0 saturated carbocycles. The van der Waals surface area contributed by atoms with Gasteiger partial charge in [0.15, 0.2) is 0 Å². The van der Waals surface area contributed by atoms with Gasteiger partial charge >= 0.3 is 5.97 Å². The van der Waals surface area contributed by atoms with E-state index in [-0.39, 0.29) is 5.56 Å². The van der Waals surface area contributed by atoms with Crippen LogP contribution in [0, 0.1) is 20.8 Å². The van der Waals surface area contributed by atoms with Crippen molar-refractivity contribution in [3.8, 4) is 0 Å². The number of aromatic nitrogens is 1. The molecule has 0 spiro atoms. The van der Waals surface area contributed by atoms with Crippen LogP contribution in [-0.4, -0.2) is 16.1 Å². The Bertz CT molecular complexity index is 636. The molecule has 2 rings (SSSR count). The Labute approximate surface area is 112 Å². The molecule has 0 aliphatic rings. The molecule has 0 aliphatic heterocycles. The normalized spacial score (nSPS) is 10.3. The van der Waals surface area contributed by atoms with E-state index in [1.165, 1.54) is 0 Å². The van der Waals surface area contributed by atoms with Crippen LogP contribution < -0.4 is 5.32 Å². The molecule has 98 valence electrons. The average molecular weight is 256 g/mol. The lowest BCUT2D eigenvalue weighted by atomic mass is 10.1. The van der Waals surface area contributed by atoms with Crippen LogP contribution in [0.1, 0.15) is 27.2 Å². The SMILES string of the molecule is Cc1cc(C)c(C(=O)O)c(Nc2ccccc2C)n1. The second-order valence-electron chi connectivity index (χ2n) is 4.55. The summed E-state index contributed by atoms with van der Waals surface area (Å²) in [5, 5.41) is 12.4. The number of hydrogen-bond acceptors (Lipinski definition) is 3. The van der Waals surface area contributed by atoms with E-state index >= 15 is 0 Å². The molecular formula is C15H16N2O2. The molecule has 0 unspecified atom stereocenters. The molecule has 19 heavy (non-hydrogen) atoms. The fourth-order valence-corrected chi connectivity index (χ4v) is 2.04. The van der Waals surface area contributed by atoms with Crippen LogP contribution in [0.15, 0.2) is 30.3 Å². The summed E-state index contributed by atoms with van der Waals surface area (Å²) >= 11 is 0. The van der Waals surface area contributed by atoms with Crippen molar-refractivity contribution in [1.29, 1.82) is 0 Å². The quantitative estimate of drug-likeness (QED) is 0.883. The fraction of sp³-hybridized carbons (Fsp3) is 0.200. The number of rotatable bonds is 3. The minimum absolute atomic E-state index is 0.217. The third kappa shape index (κ3) is 2.73. The lowest BCUT2D eigenvalue weighted by Crippen LogP contribution is -2.08. The summed E-state index contributed by atoms with van der Waals surface area (Å²) in [6.07, 6.45) is 0. The van der Waals surface area contributed by atoms with Gasteiger partial charge in [0.25, 0.3) is 0 Å². The van der Waals surface area contributed by atoms with Gasteiger partial charge in [-0.1, -0.05) is 18.2 Å². The molecular weight excluding hydrogens is 240 g/mol. The first-order valence-corrected chi connectivity index (χ1v) is 6.03. The van der Waals surface area contributed by atoms with Gasteiger partial charge in [0.2, 0.25) is 0 Å². The van der Waals surface area contributed by atoms with Crippen molar-refractivity contribution in [3.63, 3.8) is 0 Å². The summed E-state index contributed by atoms with van der Waals surface area (Å²) in [5.41, 5.74) is 3.62. The fourth-order valence-electron chi connectivity index (χ4n) is 2.04. The Balaban J connectivity index is 2.51. The first-order chi connectivity index (χ1) is 8.99. The van der Waals surface area contributed by atoms with Crippen LogP contribution in [0.3, 0.4) is 0 Å². The molecule has 4 nitrogen and oxygen atoms in total. The summed E-state index contributed by atoms with van der Waals surface area (Å²) in [7, 11) is 0. The zero-order valence-corrected chi connectivity index (χ0v) is 11.2. The Kier molecular flexibility index (Phi) is 3.51. The minimum Gasteiger partial charge on any atom is -0.478 e. The standard InChI is InChI=1S/C15H16N2O2/c1-9-6-4-5-7-12(9)17-14-13(15(18)19)10(2)8-11(3)16-14/h4-8H,1-3H3,(H,16,17)(H,18,19). The highest BCUT2D eigenvalue weighted by atomic mass is 16.4. The molecule has 1 heterocycles. The predicted molar refractivity (Wildman–Crippen MR) is 75.1 cm³/mol. The van der Waals surface area contributed by atoms with Gasteiger partial charge in [-0.15, -0.1) is 0 Å². The Morgan fingerprint density at radius 2 is 1.84 bits per heavy atom. The van der Waals surface area contributed by atoms with Crippen molar-refractivity contribution in [3.05, 3.63) is 52.7 Å². The molecule has 0 fully saturated rings. The third-order valence-electron chi connectivity index (χ3n) is 2.96. The molecule has 2 N–H and O–H groups in total. The number of carboxylic acids is 1. The Morgan fingerprint density at radius 3 is 2.47 bits per heavy atom. The highest BCUT2D eigenvalue weighted by molar-refractivity contribution is 5.95. The number of pyridine rings is 1. The number of carbonyl (C=O) groups is 1.